The van der Waals surface area contributed by atoms with E-state index in [-0.39, 0.29) is 51.7 Å². The van der Waals surface area contributed by atoms with Gasteiger partial charge < -0.3 is 82.1 Å². The molecule has 0 amide bonds. The Hall–Kier alpha value is -1.34. The van der Waals surface area contributed by atoms with Crippen molar-refractivity contribution in [3.8, 4) is 0 Å². The van der Waals surface area contributed by atoms with E-state index in [2.05, 4.69) is 248 Å². The molecule has 0 saturated heterocycles. The van der Waals surface area contributed by atoms with Crippen molar-refractivity contribution in [3.63, 3.8) is 0 Å². The van der Waals surface area contributed by atoms with Crippen LogP contribution in [0, 0.1) is 0 Å². The van der Waals surface area contributed by atoms with Gasteiger partial charge in [-0.15, -0.1) is 0 Å². The Morgan fingerprint density at radius 3 is 0.410 bits per heavy atom. The van der Waals surface area contributed by atoms with Gasteiger partial charge in [0.1, 0.15) is 0 Å². The average molecular weight is 1440 g/mol. The van der Waals surface area contributed by atoms with Crippen LogP contribution in [0.25, 0.3) is 42.5 Å². The largest absolute Gasteiger partial charge is 4.00 e. The number of rotatable bonds is 24. The number of nitrogens with zero attached hydrogens (tertiary/aromatic N) is 16. The first-order valence-electron chi connectivity index (χ1n) is 30.4. The summed E-state index contributed by atoms with van der Waals surface area (Å²) in [6.07, 6.45) is 0. The molecule has 78 heavy (non-hydrogen) atoms. The normalized spacial score (nSPS) is 11.1. The predicted molar refractivity (Wildman–Crippen MR) is 354 cm³/mol. The molecule has 0 fully saturated rings. The Labute approximate surface area is 528 Å². The van der Waals surface area contributed by atoms with Crippen molar-refractivity contribution in [2.45, 2.75) is 270 Å². The topological polar surface area (TPSA) is 175 Å². The molecule has 0 aromatic carbocycles. The van der Waals surface area contributed by atoms with E-state index >= 15 is 0 Å². The molecule has 0 bridgehead atoms. The van der Waals surface area contributed by atoms with Crippen LogP contribution in [0.2, 0.25) is 0 Å². The molecule has 16 nitrogen and oxygen atoms in total. The maximum absolute atomic E-state index is 4.54. The van der Waals surface area contributed by atoms with Crippen LogP contribution in [0.3, 0.4) is 0 Å². The summed E-state index contributed by atoms with van der Waals surface area (Å²) >= 11 is 0. The standard InChI is InChI=1S/4C11H24N3.4C4H10N.2Hf/c4*1-7-14(8-2)11(12-9(3)4)13-10(5)6;4*1-3-5-4-2;;/h4*9-10H,7-8H2,1-6H3;4*3-4H2,1-2H3;;/q8*-1;2*+4. The van der Waals surface area contributed by atoms with E-state index in [1.165, 1.54) is 0 Å². The van der Waals surface area contributed by atoms with Crippen LogP contribution in [-0.4, -0.2) is 196 Å². The van der Waals surface area contributed by atoms with Gasteiger partial charge in [0.25, 0.3) is 0 Å². The van der Waals surface area contributed by atoms with Gasteiger partial charge in [-0.1, -0.05) is 222 Å². The maximum atomic E-state index is 4.54. The molecule has 18 heteroatoms. The van der Waals surface area contributed by atoms with Crippen molar-refractivity contribution in [3.05, 3.63) is 42.5 Å². The molecule has 0 radical (unpaired) electrons. The van der Waals surface area contributed by atoms with Gasteiger partial charge >= 0.3 is 51.7 Å². The average Bonchev–Trinajstić information content (AvgIpc) is 3.31. The molecule has 0 aliphatic carbocycles. The minimum Gasteiger partial charge on any atom is -0.663 e. The van der Waals surface area contributed by atoms with Crippen LogP contribution in [0.15, 0.2) is 20.0 Å². The van der Waals surface area contributed by atoms with Crippen molar-refractivity contribution in [2.24, 2.45) is 20.0 Å². The third kappa shape index (κ3) is 81.1. The molecule has 0 aromatic heterocycles. The zero-order valence-electron chi connectivity index (χ0n) is 58.1. The van der Waals surface area contributed by atoms with E-state index in [0.29, 0.717) is 48.3 Å². The Morgan fingerprint density at radius 2 is 0.359 bits per heavy atom. The van der Waals surface area contributed by atoms with Crippen LogP contribution in [0.1, 0.15) is 222 Å². The fourth-order valence-electron chi connectivity index (χ4n) is 5.55. The molecule has 0 aliphatic rings. The van der Waals surface area contributed by atoms with E-state index < -0.39 is 0 Å². The molecule has 0 unspecified atom stereocenters. The maximum Gasteiger partial charge on any atom is 4.00 e. The second-order valence-corrected chi connectivity index (χ2v) is 19.1. The smallest absolute Gasteiger partial charge is 0.663 e. The number of hydrogen-bond donors (Lipinski definition) is 0. The predicted octanol–water partition coefficient (Wildman–Crippen LogP) is 17.1. The van der Waals surface area contributed by atoms with Crippen molar-refractivity contribution >= 4 is 23.8 Å². The molecule has 0 saturated carbocycles. The van der Waals surface area contributed by atoms with Crippen LogP contribution in [0.4, 0.5) is 0 Å². The summed E-state index contributed by atoms with van der Waals surface area (Å²) in [6, 6.07) is 2.50. The molecule has 0 heterocycles. The Balaban J connectivity index is -0.0000000877. The molecular weight excluding hydrogens is 1300 g/mol. The summed E-state index contributed by atoms with van der Waals surface area (Å²) in [5.74, 6) is 3.61. The van der Waals surface area contributed by atoms with Crippen molar-refractivity contribution in [1.82, 2.24) is 19.6 Å². The van der Waals surface area contributed by atoms with Gasteiger partial charge in [0, 0.05) is 23.8 Å². The summed E-state index contributed by atoms with van der Waals surface area (Å²) < 4.78 is 0. The first-order valence-corrected chi connectivity index (χ1v) is 30.4. The Bertz CT molecular complexity index is 1020. The SMILES string of the molecule is CCN(CC)C(=NC(C)C)[N-]C(C)C.CCN(CC)C(=NC(C)C)[N-]C(C)C.CCN(CC)C(=NC(C)C)[N-]C(C)C.CCN(CC)C(=NC(C)C)[N-]C(C)C.CC[N-]CC.CC[N-]CC.CC[N-]CC.CC[N-]CC.[Hf+4].[Hf+4]. The first-order chi connectivity index (χ1) is 35.7. The molecule has 0 rings (SSSR count). The summed E-state index contributed by atoms with van der Waals surface area (Å²) in [4.78, 5) is 26.9. The number of hydrogen-bond acceptors (Lipinski definition) is 4. The van der Waals surface area contributed by atoms with Gasteiger partial charge in [0.15, 0.2) is 0 Å². The summed E-state index contributed by atoms with van der Waals surface area (Å²) in [6.45, 7) is 82.3. The van der Waals surface area contributed by atoms with Crippen molar-refractivity contribution in [1.29, 1.82) is 0 Å². The van der Waals surface area contributed by atoms with Gasteiger partial charge in [-0.25, -0.2) is 0 Å². The quantitative estimate of drug-likeness (QED) is 0.0531. The van der Waals surface area contributed by atoms with Gasteiger partial charge in [0.2, 0.25) is 0 Å². The molecule has 464 valence electrons. The van der Waals surface area contributed by atoms with E-state index in [4.69, 9.17) is 0 Å². The van der Waals surface area contributed by atoms with Crippen LogP contribution >= 0.6 is 0 Å². The number of aliphatic imine (C=N–C) groups is 4. The Kier molecular flexibility index (Phi) is 95.8. The van der Waals surface area contributed by atoms with Gasteiger partial charge in [-0.05, 0) is 101 Å². The molecule has 0 spiro atoms. The third-order valence-electron chi connectivity index (χ3n) is 8.96. The van der Waals surface area contributed by atoms with E-state index in [1.54, 1.807) is 0 Å². The minimum absolute atomic E-state index is 0. The van der Waals surface area contributed by atoms with Crippen LogP contribution < -0.4 is 0 Å². The molecule has 0 aromatic rings. The third-order valence-corrected chi connectivity index (χ3v) is 8.96. The zero-order chi connectivity index (χ0) is 61.0. The summed E-state index contributed by atoms with van der Waals surface area (Å²) in [5.41, 5.74) is 0. The van der Waals surface area contributed by atoms with E-state index in [1.807, 2.05) is 55.4 Å². The van der Waals surface area contributed by atoms with E-state index in [9.17, 15) is 0 Å². The summed E-state index contributed by atoms with van der Waals surface area (Å²) in [5, 5.41) is 34.0. The van der Waals surface area contributed by atoms with Crippen LogP contribution in [0.5, 0.6) is 0 Å². The summed E-state index contributed by atoms with van der Waals surface area (Å²) in [7, 11) is 0. The Morgan fingerprint density at radius 1 is 0.244 bits per heavy atom. The molecular formula is C60H136Hf2N16. The van der Waals surface area contributed by atoms with E-state index in [0.717, 1.165) is 129 Å². The second-order valence-electron chi connectivity index (χ2n) is 19.1. The molecule has 0 aliphatic heterocycles. The second kappa shape index (κ2) is 75.7. The van der Waals surface area contributed by atoms with Gasteiger partial charge in [0.05, 0.1) is 0 Å². The van der Waals surface area contributed by atoms with Crippen molar-refractivity contribution < 1.29 is 51.7 Å². The minimum atomic E-state index is 0. The zero-order valence-corrected chi connectivity index (χ0v) is 65.3. The molecule has 0 atom stereocenters. The fraction of sp³-hybridized carbons (Fsp3) is 0.933. The molecule has 0 N–H and O–H groups in total. The van der Waals surface area contributed by atoms with Gasteiger partial charge in [-0.2, -0.15) is 52.4 Å². The number of guanidine groups is 4. The monoisotopic (exact) mass is 1440 g/mol. The van der Waals surface area contributed by atoms with Gasteiger partial charge in [-0.3, -0.25) is 0 Å². The fourth-order valence-corrected chi connectivity index (χ4v) is 5.55. The van der Waals surface area contributed by atoms with Crippen LogP contribution in [-0.2, 0) is 51.7 Å². The van der Waals surface area contributed by atoms with Crippen molar-refractivity contribution in [2.75, 3.05) is 105 Å². The first kappa shape index (κ1) is 98.8.